The van der Waals surface area contributed by atoms with Crippen molar-refractivity contribution in [2.24, 2.45) is 0 Å². The molecule has 0 aromatic heterocycles. The molecule has 0 fully saturated rings. The van der Waals surface area contributed by atoms with Crippen molar-refractivity contribution < 1.29 is 29.0 Å². The molecule has 7 nitrogen and oxygen atoms in total. The van der Waals surface area contributed by atoms with Crippen LogP contribution in [0, 0.1) is 6.92 Å². The Morgan fingerprint density at radius 2 is 1.62 bits per heavy atom. The standard InChI is InChI=1S/C25H31NO6/c1-17-10-13-19(14-11-17)22(21(28)15-12-18-8-6-5-7-9-18)31-23(29)20(16-27)26-24(30)32-25(2,3)4/h5-11,13-14,20,22,27H,12,15-16H2,1-4H3,(H,26,30). The van der Waals surface area contributed by atoms with Crippen molar-refractivity contribution in [1.29, 1.82) is 0 Å². The topological polar surface area (TPSA) is 102 Å². The Labute approximate surface area is 188 Å². The summed E-state index contributed by atoms with van der Waals surface area (Å²) >= 11 is 0. The molecule has 2 rings (SSSR count). The van der Waals surface area contributed by atoms with Gasteiger partial charge >= 0.3 is 12.1 Å². The summed E-state index contributed by atoms with van der Waals surface area (Å²) in [5, 5.41) is 11.9. The third kappa shape index (κ3) is 8.15. The molecule has 0 aliphatic carbocycles. The second-order valence-electron chi connectivity index (χ2n) is 8.56. The Bertz CT molecular complexity index is 902. The number of amides is 1. The zero-order chi connectivity index (χ0) is 23.7. The van der Waals surface area contributed by atoms with Crippen molar-refractivity contribution >= 4 is 17.8 Å². The summed E-state index contributed by atoms with van der Waals surface area (Å²) in [5.74, 6) is -1.20. The van der Waals surface area contributed by atoms with Crippen LogP contribution < -0.4 is 5.32 Å². The summed E-state index contributed by atoms with van der Waals surface area (Å²) in [7, 11) is 0. The summed E-state index contributed by atoms with van der Waals surface area (Å²) in [6.45, 7) is 6.25. The van der Waals surface area contributed by atoms with Gasteiger partial charge in [-0.25, -0.2) is 9.59 Å². The lowest BCUT2D eigenvalue weighted by Crippen LogP contribution is -2.47. The number of benzene rings is 2. The monoisotopic (exact) mass is 441 g/mol. The number of carbonyl (C=O) groups excluding carboxylic acids is 3. The van der Waals surface area contributed by atoms with Gasteiger partial charge in [0.2, 0.25) is 0 Å². The van der Waals surface area contributed by atoms with E-state index in [1.54, 1.807) is 32.9 Å². The van der Waals surface area contributed by atoms with Gasteiger partial charge in [-0.15, -0.1) is 0 Å². The zero-order valence-corrected chi connectivity index (χ0v) is 19.0. The number of aliphatic hydroxyl groups is 1. The van der Waals surface area contributed by atoms with Crippen molar-refractivity contribution in [3.05, 3.63) is 71.3 Å². The van der Waals surface area contributed by atoms with Gasteiger partial charge in [0.15, 0.2) is 17.9 Å². The minimum atomic E-state index is -1.36. The lowest BCUT2D eigenvalue weighted by Gasteiger charge is -2.24. The first kappa shape index (κ1) is 25.1. The number of esters is 1. The summed E-state index contributed by atoms with van der Waals surface area (Å²) in [5.41, 5.74) is 1.74. The predicted octanol–water partition coefficient (Wildman–Crippen LogP) is 3.67. The summed E-state index contributed by atoms with van der Waals surface area (Å²) in [6, 6.07) is 15.3. The normalized spacial score (nSPS) is 13.0. The van der Waals surface area contributed by atoms with Crippen LogP contribution in [0.4, 0.5) is 4.79 Å². The molecule has 2 atom stereocenters. The molecule has 172 valence electrons. The minimum absolute atomic E-state index is 0.166. The number of ketones is 1. The van der Waals surface area contributed by atoms with Gasteiger partial charge < -0.3 is 19.9 Å². The molecule has 0 bridgehead atoms. The maximum atomic E-state index is 13.0. The molecule has 32 heavy (non-hydrogen) atoms. The number of aliphatic hydroxyl groups excluding tert-OH is 1. The van der Waals surface area contributed by atoms with E-state index in [0.29, 0.717) is 12.0 Å². The molecule has 0 saturated heterocycles. The second-order valence-corrected chi connectivity index (χ2v) is 8.56. The number of nitrogens with one attached hydrogen (secondary N) is 1. The molecular formula is C25H31NO6. The highest BCUT2D eigenvalue weighted by atomic mass is 16.6. The van der Waals surface area contributed by atoms with Crippen LogP contribution in [0.5, 0.6) is 0 Å². The van der Waals surface area contributed by atoms with Gasteiger partial charge in [0.1, 0.15) is 5.60 Å². The van der Waals surface area contributed by atoms with Crippen molar-refractivity contribution in [2.45, 2.75) is 58.3 Å². The molecule has 0 saturated carbocycles. The van der Waals surface area contributed by atoms with Crippen LogP contribution in [-0.4, -0.2) is 41.2 Å². The summed E-state index contributed by atoms with van der Waals surface area (Å²) in [4.78, 5) is 37.7. The number of carbonyl (C=O) groups is 3. The fourth-order valence-corrected chi connectivity index (χ4v) is 2.93. The molecular weight excluding hydrogens is 410 g/mol. The first-order chi connectivity index (χ1) is 15.1. The van der Waals surface area contributed by atoms with E-state index in [-0.39, 0.29) is 12.2 Å². The first-order valence-electron chi connectivity index (χ1n) is 10.5. The number of aryl methyl sites for hydroxylation is 2. The Kier molecular flexibility index (Phi) is 8.96. The van der Waals surface area contributed by atoms with E-state index in [2.05, 4.69) is 5.32 Å². The summed E-state index contributed by atoms with van der Waals surface area (Å²) in [6.07, 6.45) is -1.35. The highest BCUT2D eigenvalue weighted by Crippen LogP contribution is 2.23. The van der Waals surface area contributed by atoms with E-state index in [1.807, 2.05) is 49.4 Å². The molecule has 2 aromatic rings. The maximum absolute atomic E-state index is 13.0. The molecule has 0 aliphatic heterocycles. The smallest absolute Gasteiger partial charge is 0.408 e. The van der Waals surface area contributed by atoms with Crippen LogP contribution >= 0.6 is 0 Å². The zero-order valence-electron chi connectivity index (χ0n) is 19.0. The van der Waals surface area contributed by atoms with Crippen LogP contribution in [0.25, 0.3) is 0 Å². The van der Waals surface area contributed by atoms with Gasteiger partial charge in [-0.3, -0.25) is 4.79 Å². The quantitative estimate of drug-likeness (QED) is 0.576. The minimum Gasteiger partial charge on any atom is -0.448 e. The van der Waals surface area contributed by atoms with Crippen molar-refractivity contribution in [3.63, 3.8) is 0 Å². The lowest BCUT2D eigenvalue weighted by atomic mass is 9.99. The third-order valence-corrected chi connectivity index (χ3v) is 4.57. The van der Waals surface area contributed by atoms with Crippen LogP contribution in [0.15, 0.2) is 54.6 Å². The Morgan fingerprint density at radius 1 is 1.00 bits per heavy atom. The van der Waals surface area contributed by atoms with E-state index < -0.39 is 36.4 Å². The first-order valence-corrected chi connectivity index (χ1v) is 10.5. The molecule has 2 unspecified atom stereocenters. The third-order valence-electron chi connectivity index (χ3n) is 4.57. The number of hydrogen-bond acceptors (Lipinski definition) is 6. The highest BCUT2D eigenvalue weighted by molar-refractivity contribution is 5.89. The second kappa shape index (κ2) is 11.4. The SMILES string of the molecule is Cc1ccc(C(OC(=O)C(CO)NC(=O)OC(C)(C)C)C(=O)CCc2ccccc2)cc1. The highest BCUT2D eigenvalue weighted by Gasteiger charge is 2.30. The van der Waals surface area contributed by atoms with Crippen LogP contribution in [0.2, 0.25) is 0 Å². The van der Waals surface area contributed by atoms with Gasteiger partial charge in [-0.1, -0.05) is 60.2 Å². The van der Waals surface area contributed by atoms with Crippen LogP contribution in [0.1, 0.15) is 50.0 Å². The van der Waals surface area contributed by atoms with E-state index in [1.165, 1.54) is 0 Å². The average molecular weight is 442 g/mol. The van der Waals surface area contributed by atoms with Gasteiger partial charge in [-0.05, 0) is 45.2 Å². The molecule has 2 aromatic carbocycles. The Morgan fingerprint density at radius 3 is 2.19 bits per heavy atom. The van der Waals surface area contributed by atoms with E-state index >= 15 is 0 Å². The largest absolute Gasteiger partial charge is 0.448 e. The maximum Gasteiger partial charge on any atom is 0.408 e. The molecule has 7 heteroatoms. The van der Waals surface area contributed by atoms with E-state index in [4.69, 9.17) is 9.47 Å². The van der Waals surface area contributed by atoms with Gasteiger partial charge in [0, 0.05) is 6.42 Å². The van der Waals surface area contributed by atoms with Crippen molar-refractivity contribution in [3.8, 4) is 0 Å². The number of alkyl carbamates (subject to hydrolysis) is 1. The molecule has 0 spiro atoms. The lowest BCUT2D eigenvalue weighted by molar-refractivity contribution is -0.158. The predicted molar refractivity (Wildman–Crippen MR) is 120 cm³/mol. The van der Waals surface area contributed by atoms with Gasteiger partial charge in [-0.2, -0.15) is 0 Å². The molecule has 0 radical (unpaired) electrons. The van der Waals surface area contributed by atoms with Crippen LogP contribution in [0.3, 0.4) is 0 Å². The number of hydrogen-bond donors (Lipinski definition) is 2. The number of ether oxygens (including phenoxy) is 2. The Balaban J connectivity index is 2.13. The van der Waals surface area contributed by atoms with Crippen molar-refractivity contribution in [1.82, 2.24) is 5.32 Å². The molecule has 0 heterocycles. The van der Waals surface area contributed by atoms with Crippen LogP contribution in [-0.2, 0) is 25.5 Å². The van der Waals surface area contributed by atoms with Crippen molar-refractivity contribution in [2.75, 3.05) is 6.61 Å². The van der Waals surface area contributed by atoms with Gasteiger partial charge in [0.25, 0.3) is 0 Å². The Hall–Kier alpha value is -3.19. The average Bonchev–Trinajstić information content (AvgIpc) is 2.74. The number of rotatable bonds is 9. The molecule has 2 N–H and O–H groups in total. The fraction of sp³-hybridized carbons (Fsp3) is 0.400. The fourth-order valence-electron chi connectivity index (χ4n) is 2.93. The molecule has 0 aliphatic rings. The van der Waals surface area contributed by atoms with E-state index in [0.717, 1.165) is 11.1 Å². The van der Waals surface area contributed by atoms with Gasteiger partial charge in [0.05, 0.1) is 6.61 Å². The van der Waals surface area contributed by atoms with E-state index in [9.17, 15) is 19.5 Å². The molecule has 1 amide bonds. The number of Topliss-reactive ketones (excluding diaryl/α,β-unsaturated/α-hetero) is 1. The summed E-state index contributed by atoms with van der Waals surface area (Å²) < 4.78 is 10.6.